The van der Waals surface area contributed by atoms with Crippen LogP contribution in [0.4, 0.5) is 23.2 Å². The van der Waals surface area contributed by atoms with E-state index in [2.05, 4.69) is 22.0 Å². The maximum Gasteiger partial charge on any atom is 0.322 e. The van der Waals surface area contributed by atoms with Crippen molar-refractivity contribution in [2.24, 2.45) is 4.99 Å². The van der Waals surface area contributed by atoms with Crippen LogP contribution in [-0.2, 0) is 3.93 Å². The van der Waals surface area contributed by atoms with Crippen molar-refractivity contribution in [1.29, 1.82) is 0 Å². The standard InChI is InChI=1S/C27H19F4IN4O/c1-16(12-19(29)14-33-2)24-15-34-25-21(4-3-11-36(24)25)17-5-10-23(27(30,31)32)22(13-17)26(37)35-20-8-6-18(28)7-9-20/h3-15H,2H2,1H3,(H,35,37)/b16-12+,19-14+. The predicted molar refractivity (Wildman–Crippen MR) is 145 cm³/mol. The Morgan fingerprint density at radius 2 is 1.92 bits per heavy atom. The minimum absolute atomic E-state index is 0.241. The third-order valence-electron chi connectivity index (χ3n) is 5.49. The highest BCUT2D eigenvalue weighted by Gasteiger charge is 2.32. The number of hydrogen-bond acceptors (Lipinski definition) is 3. The molecule has 37 heavy (non-hydrogen) atoms. The molecular formula is C27H19F4IN4O. The maximum atomic E-state index is 14.4. The van der Waals surface area contributed by atoms with Gasteiger partial charge in [-0.05, 0) is 73.3 Å². The Labute approximate surface area is 223 Å². The van der Waals surface area contributed by atoms with Gasteiger partial charge < -0.3 is 5.32 Å². The van der Waals surface area contributed by atoms with Crippen LogP contribution in [0.2, 0.25) is 0 Å². The molecule has 4 rings (SSSR count). The van der Waals surface area contributed by atoms with Gasteiger partial charge in [0.25, 0.3) is 5.91 Å². The van der Waals surface area contributed by atoms with E-state index in [1.807, 2.05) is 0 Å². The number of nitrogens with one attached hydrogen (secondary N) is 1. The van der Waals surface area contributed by atoms with Crippen molar-refractivity contribution in [2.75, 3.05) is 5.32 Å². The maximum absolute atomic E-state index is 14.4. The van der Waals surface area contributed by atoms with Gasteiger partial charge in [0.2, 0.25) is 0 Å². The first-order valence-electron chi connectivity index (χ1n) is 10.8. The number of rotatable bonds is 7. The Balaban J connectivity index is 1.80. The van der Waals surface area contributed by atoms with E-state index in [4.69, 9.17) is 0 Å². The van der Waals surface area contributed by atoms with Crippen LogP contribution in [-0.4, -0.2) is 22.0 Å². The summed E-state index contributed by atoms with van der Waals surface area (Å²) in [5, 5.41) is 2.54. The first kappa shape index (κ1) is 26.3. The Kier molecular flexibility index (Phi) is 7.58. The zero-order valence-corrected chi connectivity index (χ0v) is 21.5. The van der Waals surface area contributed by atoms with Gasteiger partial charge in [0, 0.05) is 45.6 Å². The number of imidazole rings is 1. The van der Waals surface area contributed by atoms with Gasteiger partial charge in [0.05, 0.1) is 23.7 Å². The molecule has 2 aromatic carbocycles. The van der Waals surface area contributed by atoms with Gasteiger partial charge in [-0.1, -0.05) is 12.1 Å². The van der Waals surface area contributed by atoms with Gasteiger partial charge in [-0.25, -0.2) is 13.8 Å². The van der Waals surface area contributed by atoms with Crippen LogP contribution in [0, 0.1) is 5.82 Å². The molecule has 0 bridgehead atoms. The summed E-state index contributed by atoms with van der Waals surface area (Å²) in [4.78, 5) is 20.9. The van der Waals surface area contributed by atoms with Crippen molar-refractivity contribution in [1.82, 2.24) is 9.38 Å². The number of fused-ring (bicyclic) bond motifs is 1. The zero-order valence-electron chi connectivity index (χ0n) is 19.4. The number of carbonyl (C=O) groups is 1. The molecule has 2 aromatic heterocycles. The van der Waals surface area contributed by atoms with Crippen LogP contribution in [0.15, 0.2) is 90.1 Å². The van der Waals surface area contributed by atoms with E-state index in [1.54, 1.807) is 35.9 Å². The molecule has 0 saturated carbocycles. The third-order valence-corrected chi connectivity index (χ3v) is 6.07. The average Bonchev–Trinajstić information content (AvgIpc) is 3.29. The largest absolute Gasteiger partial charge is 0.322 e. The second-order valence-electron chi connectivity index (χ2n) is 8.00. The summed E-state index contributed by atoms with van der Waals surface area (Å²) in [6, 6.07) is 12.5. The van der Waals surface area contributed by atoms with E-state index in [1.165, 1.54) is 36.4 Å². The lowest BCUT2D eigenvalue weighted by molar-refractivity contribution is 0.0995. The van der Waals surface area contributed by atoms with E-state index < -0.39 is 27.0 Å². The SMILES string of the molecule is C=N/C=C(F)\C=C(/C)c1cnc2c(-c3ccc(C(F)(F)I)c(C(=O)Nc4ccc(F)cc4)c3)cccn12. The molecule has 0 saturated heterocycles. The zero-order chi connectivity index (χ0) is 26.7. The number of anilines is 1. The number of alkyl halides is 3. The molecule has 2 heterocycles. The Bertz CT molecular complexity index is 1550. The summed E-state index contributed by atoms with van der Waals surface area (Å²) in [5.74, 6) is -1.84. The van der Waals surface area contributed by atoms with E-state index in [0.29, 0.717) is 28.0 Å². The van der Waals surface area contributed by atoms with E-state index in [-0.39, 0.29) is 11.3 Å². The molecule has 0 fully saturated rings. The monoisotopic (exact) mass is 618 g/mol. The van der Waals surface area contributed by atoms with Crippen LogP contribution in [0.25, 0.3) is 22.3 Å². The molecular weight excluding hydrogens is 599 g/mol. The average molecular weight is 618 g/mol. The normalized spacial score (nSPS) is 12.6. The number of nitrogens with zero attached hydrogens (tertiary/aromatic N) is 3. The topological polar surface area (TPSA) is 58.8 Å². The number of hydrogen-bond donors (Lipinski definition) is 1. The fourth-order valence-electron chi connectivity index (χ4n) is 3.81. The highest BCUT2D eigenvalue weighted by Crippen LogP contribution is 2.39. The van der Waals surface area contributed by atoms with Crippen LogP contribution < -0.4 is 5.32 Å². The van der Waals surface area contributed by atoms with Crippen molar-refractivity contribution in [3.8, 4) is 11.1 Å². The van der Waals surface area contributed by atoms with E-state index in [0.717, 1.165) is 40.9 Å². The number of benzene rings is 2. The van der Waals surface area contributed by atoms with Gasteiger partial charge >= 0.3 is 3.93 Å². The molecule has 0 radical (unpaired) electrons. The van der Waals surface area contributed by atoms with Crippen molar-refractivity contribution in [2.45, 2.75) is 10.9 Å². The Hall–Kier alpha value is -3.80. The molecule has 188 valence electrons. The Morgan fingerprint density at radius 1 is 1.19 bits per heavy atom. The fraction of sp³-hybridized carbons (Fsp3) is 0.0741. The van der Waals surface area contributed by atoms with E-state index >= 15 is 0 Å². The molecule has 0 aliphatic heterocycles. The minimum atomic E-state index is -3.32. The molecule has 5 nitrogen and oxygen atoms in total. The van der Waals surface area contributed by atoms with Crippen LogP contribution >= 0.6 is 22.6 Å². The van der Waals surface area contributed by atoms with Crippen LogP contribution in [0.3, 0.4) is 0 Å². The van der Waals surface area contributed by atoms with Crippen molar-refractivity contribution < 1.29 is 22.4 Å². The van der Waals surface area contributed by atoms with Crippen LogP contribution in [0.1, 0.15) is 28.5 Å². The number of aromatic nitrogens is 2. The third kappa shape index (κ3) is 5.79. The predicted octanol–water partition coefficient (Wildman–Crippen LogP) is 7.79. The summed E-state index contributed by atoms with van der Waals surface area (Å²) in [6.07, 6.45) is 5.58. The molecule has 0 aliphatic rings. The minimum Gasteiger partial charge on any atom is -0.322 e. The van der Waals surface area contributed by atoms with Gasteiger partial charge in [-0.3, -0.25) is 14.2 Å². The van der Waals surface area contributed by atoms with E-state index in [9.17, 15) is 22.4 Å². The fourth-order valence-corrected chi connectivity index (χ4v) is 4.28. The number of amides is 1. The lowest BCUT2D eigenvalue weighted by Gasteiger charge is -2.16. The quantitative estimate of drug-likeness (QED) is 0.0756. The first-order valence-corrected chi connectivity index (χ1v) is 11.9. The summed E-state index contributed by atoms with van der Waals surface area (Å²) in [7, 11) is 0. The molecule has 0 unspecified atom stereocenters. The second kappa shape index (κ2) is 10.7. The molecule has 1 N–H and O–H groups in total. The summed E-state index contributed by atoms with van der Waals surface area (Å²) in [6.45, 7) is 4.94. The van der Waals surface area contributed by atoms with Crippen molar-refractivity contribution >= 4 is 52.1 Å². The van der Waals surface area contributed by atoms with Crippen molar-refractivity contribution in [3.05, 3.63) is 108 Å². The number of carbonyl (C=O) groups excluding carboxylic acids is 1. The van der Waals surface area contributed by atoms with Gasteiger partial charge in [0.1, 0.15) is 17.3 Å². The highest BCUT2D eigenvalue weighted by molar-refractivity contribution is 14.1. The number of pyridine rings is 1. The molecule has 0 atom stereocenters. The smallest absolute Gasteiger partial charge is 0.322 e. The number of halogens is 5. The lowest BCUT2D eigenvalue weighted by Crippen LogP contribution is -2.18. The summed E-state index contributed by atoms with van der Waals surface area (Å²) < 4.78 is 54.4. The van der Waals surface area contributed by atoms with Crippen molar-refractivity contribution in [3.63, 3.8) is 0 Å². The summed E-state index contributed by atoms with van der Waals surface area (Å²) in [5.41, 5.74) is 2.25. The molecule has 0 aliphatic carbocycles. The lowest BCUT2D eigenvalue weighted by atomic mass is 9.99. The van der Waals surface area contributed by atoms with Gasteiger partial charge in [-0.15, -0.1) is 0 Å². The molecule has 0 spiro atoms. The molecule has 10 heteroatoms. The number of allylic oxidation sites excluding steroid dienone is 3. The molecule has 1 amide bonds. The first-order chi connectivity index (χ1) is 17.6. The molecule has 4 aromatic rings. The van der Waals surface area contributed by atoms with Gasteiger partial charge in [-0.2, -0.15) is 8.78 Å². The van der Waals surface area contributed by atoms with Gasteiger partial charge in [0.15, 0.2) is 0 Å². The van der Waals surface area contributed by atoms with Crippen LogP contribution in [0.5, 0.6) is 0 Å². The number of aliphatic imine (C=N–C) groups is 1. The Morgan fingerprint density at radius 3 is 2.59 bits per heavy atom. The summed E-state index contributed by atoms with van der Waals surface area (Å²) >= 11 is 0.972. The highest BCUT2D eigenvalue weighted by atomic mass is 127. The second-order valence-corrected chi connectivity index (χ2v) is 9.36.